The molecule has 0 radical (unpaired) electrons. The Morgan fingerprint density at radius 3 is 2.69 bits per heavy atom. The molecule has 3 aromatic rings. The van der Waals surface area contributed by atoms with Crippen molar-refractivity contribution in [3.05, 3.63) is 69.0 Å². The quantitative estimate of drug-likeness (QED) is 0.360. The third-order valence-electron chi connectivity index (χ3n) is 6.49. The van der Waals surface area contributed by atoms with Gasteiger partial charge in [-0.05, 0) is 79.2 Å². The van der Waals surface area contributed by atoms with Crippen molar-refractivity contribution < 1.29 is 14.2 Å². The molecule has 35 heavy (non-hydrogen) atoms. The number of fused-ring (bicyclic) bond motifs is 2. The molecule has 2 N–H and O–H groups in total. The molecule has 4 rings (SSSR count). The lowest BCUT2D eigenvalue weighted by Gasteiger charge is -2.39. The van der Waals surface area contributed by atoms with E-state index in [1.165, 1.54) is 0 Å². The average molecular weight is 496 g/mol. The summed E-state index contributed by atoms with van der Waals surface area (Å²) in [5, 5.41) is 4.98. The predicted octanol–water partition coefficient (Wildman–Crippen LogP) is 4.10. The molecule has 0 aliphatic carbocycles. The number of nitrogens with zero attached hydrogens (tertiary/aromatic N) is 1. The lowest BCUT2D eigenvalue weighted by molar-refractivity contribution is 0.145. The number of H-pyrrole nitrogens is 1. The summed E-state index contributed by atoms with van der Waals surface area (Å²) in [5.74, 6) is 1.31. The van der Waals surface area contributed by atoms with Gasteiger partial charge in [0.2, 0.25) is 0 Å². The third-order valence-corrected chi connectivity index (χ3v) is 6.87. The molecule has 0 saturated carbocycles. The number of aromatic nitrogens is 1. The van der Waals surface area contributed by atoms with Gasteiger partial charge >= 0.3 is 0 Å². The molecule has 1 unspecified atom stereocenters. The van der Waals surface area contributed by atoms with Gasteiger partial charge in [-0.1, -0.05) is 18.2 Å². The van der Waals surface area contributed by atoms with Gasteiger partial charge in [0.15, 0.2) is 16.6 Å². The molecule has 0 amide bonds. The lowest BCUT2D eigenvalue weighted by Crippen LogP contribution is -2.47. The number of hydrogen-bond donors (Lipinski definition) is 2. The van der Waals surface area contributed by atoms with Crippen molar-refractivity contribution in [1.29, 1.82) is 0 Å². The first kappa shape index (κ1) is 25.0. The Bertz CT molecular complexity index is 1270. The summed E-state index contributed by atoms with van der Waals surface area (Å²) in [6.07, 6.45) is 1.63. The SMILES string of the molecule is CCOCCCNC(=S)N1CCc2cc(OC)c(OC)cc2C1c1cc2cccc(C)c2[nH]c1=O. The summed E-state index contributed by atoms with van der Waals surface area (Å²) in [6, 6.07) is 11.6. The van der Waals surface area contributed by atoms with Gasteiger partial charge < -0.3 is 29.4 Å². The number of ether oxygens (including phenoxy) is 3. The lowest BCUT2D eigenvalue weighted by atomic mass is 9.87. The fraction of sp³-hybridized carbons (Fsp3) is 0.407. The molecule has 1 aromatic heterocycles. The molecular weight excluding hydrogens is 462 g/mol. The highest BCUT2D eigenvalue weighted by molar-refractivity contribution is 7.80. The van der Waals surface area contributed by atoms with Crippen molar-refractivity contribution in [2.75, 3.05) is 40.5 Å². The molecule has 1 aliphatic heterocycles. The number of pyridine rings is 1. The minimum absolute atomic E-state index is 0.122. The van der Waals surface area contributed by atoms with Gasteiger partial charge in [0.05, 0.1) is 25.8 Å². The van der Waals surface area contributed by atoms with Crippen molar-refractivity contribution in [2.45, 2.75) is 32.7 Å². The Labute approximate surface area is 211 Å². The summed E-state index contributed by atoms with van der Waals surface area (Å²) in [6.45, 7) is 6.74. The second-order valence-electron chi connectivity index (χ2n) is 8.63. The maximum Gasteiger partial charge on any atom is 0.254 e. The van der Waals surface area contributed by atoms with Crippen molar-refractivity contribution in [3.63, 3.8) is 0 Å². The van der Waals surface area contributed by atoms with Crippen molar-refractivity contribution >= 4 is 28.2 Å². The van der Waals surface area contributed by atoms with Gasteiger partial charge in [-0.25, -0.2) is 0 Å². The zero-order chi connectivity index (χ0) is 24.9. The van der Waals surface area contributed by atoms with Gasteiger partial charge in [-0.15, -0.1) is 0 Å². The first-order valence-corrected chi connectivity index (χ1v) is 12.4. The van der Waals surface area contributed by atoms with Crippen LogP contribution in [0.4, 0.5) is 0 Å². The van der Waals surface area contributed by atoms with E-state index in [1.54, 1.807) is 14.2 Å². The first-order chi connectivity index (χ1) is 17.0. The van der Waals surface area contributed by atoms with E-state index in [1.807, 2.05) is 50.2 Å². The van der Waals surface area contributed by atoms with Crippen molar-refractivity contribution in [1.82, 2.24) is 15.2 Å². The van der Waals surface area contributed by atoms with E-state index in [0.29, 0.717) is 48.5 Å². The molecule has 2 aromatic carbocycles. The first-order valence-electron chi connectivity index (χ1n) is 12.0. The number of rotatable bonds is 8. The molecule has 1 atom stereocenters. The molecule has 2 heterocycles. The van der Waals surface area contributed by atoms with Crippen LogP contribution in [-0.2, 0) is 11.2 Å². The number of aryl methyl sites for hydroxylation is 1. The number of hydrogen-bond acceptors (Lipinski definition) is 5. The molecule has 186 valence electrons. The topological polar surface area (TPSA) is 75.8 Å². The Hall–Kier alpha value is -3.10. The number of nitrogens with one attached hydrogen (secondary N) is 2. The molecule has 0 spiro atoms. The zero-order valence-corrected chi connectivity index (χ0v) is 21.6. The smallest absolute Gasteiger partial charge is 0.254 e. The second kappa shape index (κ2) is 11.1. The van der Waals surface area contributed by atoms with Gasteiger partial charge in [0, 0.05) is 31.9 Å². The van der Waals surface area contributed by atoms with Crippen LogP contribution < -0.4 is 20.3 Å². The van der Waals surface area contributed by atoms with Crippen molar-refractivity contribution in [2.24, 2.45) is 0 Å². The normalized spacial score (nSPS) is 15.1. The van der Waals surface area contributed by atoms with E-state index >= 15 is 0 Å². The van der Waals surface area contributed by atoms with Crippen LogP contribution in [0.1, 0.15) is 41.6 Å². The minimum atomic E-state index is -0.362. The van der Waals surface area contributed by atoms with Gasteiger partial charge in [0.1, 0.15) is 0 Å². The number of aromatic amines is 1. The number of para-hydroxylation sites is 1. The monoisotopic (exact) mass is 495 g/mol. The average Bonchev–Trinajstić information content (AvgIpc) is 2.87. The highest BCUT2D eigenvalue weighted by Gasteiger charge is 2.33. The van der Waals surface area contributed by atoms with Gasteiger partial charge in [-0.3, -0.25) is 4.79 Å². The Balaban J connectivity index is 1.79. The van der Waals surface area contributed by atoms with Gasteiger partial charge in [-0.2, -0.15) is 0 Å². The molecule has 8 heteroatoms. The number of methoxy groups -OCH3 is 2. The molecule has 1 aliphatic rings. The Morgan fingerprint density at radius 2 is 1.94 bits per heavy atom. The van der Waals surface area contributed by atoms with E-state index in [2.05, 4.69) is 15.2 Å². The standard InChI is InChI=1S/C27H33N3O4S/c1-5-34-13-7-11-28-27(35)30-12-10-18-15-22(32-3)23(33-4)16-20(18)25(30)21-14-19-9-6-8-17(2)24(19)29-26(21)31/h6,8-9,14-16,25H,5,7,10-13H2,1-4H3,(H,28,35)(H,29,31). The summed E-state index contributed by atoms with van der Waals surface area (Å²) >= 11 is 5.83. The van der Waals surface area contributed by atoms with Gasteiger partial charge in [0.25, 0.3) is 5.56 Å². The zero-order valence-electron chi connectivity index (χ0n) is 20.8. The molecule has 0 saturated heterocycles. The molecule has 0 fully saturated rings. The fourth-order valence-electron chi connectivity index (χ4n) is 4.72. The van der Waals surface area contributed by atoms with Crippen LogP contribution in [0.3, 0.4) is 0 Å². The number of benzene rings is 2. The van der Waals surface area contributed by atoms with Crippen LogP contribution >= 0.6 is 12.2 Å². The predicted molar refractivity (Wildman–Crippen MR) is 143 cm³/mol. The Kier molecular flexibility index (Phi) is 7.93. The summed E-state index contributed by atoms with van der Waals surface area (Å²) in [7, 11) is 3.25. The van der Waals surface area contributed by atoms with Crippen LogP contribution in [0.2, 0.25) is 0 Å². The summed E-state index contributed by atoms with van der Waals surface area (Å²) in [4.78, 5) is 18.7. The highest BCUT2D eigenvalue weighted by atomic mass is 32.1. The minimum Gasteiger partial charge on any atom is -0.493 e. The maximum absolute atomic E-state index is 13.5. The maximum atomic E-state index is 13.5. The highest BCUT2D eigenvalue weighted by Crippen LogP contribution is 2.40. The number of thiocarbonyl (C=S) groups is 1. The van der Waals surface area contributed by atoms with Crippen LogP contribution in [0.15, 0.2) is 41.2 Å². The van der Waals surface area contributed by atoms with Crippen molar-refractivity contribution in [3.8, 4) is 11.5 Å². The fourth-order valence-corrected chi connectivity index (χ4v) is 5.02. The van der Waals surface area contributed by atoms with E-state index in [0.717, 1.165) is 40.4 Å². The van der Waals surface area contributed by atoms with Crippen LogP contribution in [-0.4, -0.2) is 55.5 Å². The largest absolute Gasteiger partial charge is 0.493 e. The third kappa shape index (κ3) is 5.13. The molecule has 7 nitrogen and oxygen atoms in total. The van der Waals surface area contributed by atoms with E-state index < -0.39 is 0 Å². The summed E-state index contributed by atoms with van der Waals surface area (Å²) < 4.78 is 16.6. The van der Waals surface area contributed by atoms with E-state index in [9.17, 15) is 4.79 Å². The van der Waals surface area contributed by atoms with Crippen LogP contribution in [0.5, 0.6) is 11.5 Å². The summed E-state index contributed by atoms with van der Waals surface area (Å²) in [5.41, 5.74) is 4.52. The molecular formula is C27H33N3O4S. The van der Waals surface area contributed by atoms with E-state index in [4.69, 9.17) is 26.4 Å². The molecule has 0 bridgehead atoms. The van der Waals surface area contributed by atoms with E-state index in [-0.39, 0.29) is 11.6 Å². The van der Waals surface area contributed by atoms with Crippen LogP contribution in [0, 0.1) is 6.92 Å². The Morgan fingerprint density at radius 1 is 1.17 bits per heavy atom. The van der Waals surface area contributed by atoms with Crippen LogP contribution in [0.25, 0.3) is 10.9 Å². The second-order valence-corrected chi connectivity index (χ2v) is 9.01.